The highest BCUT2D eigenvalue weighted by atomic mass is 19.1. The fourth-order valence-electron chi connectivity index (χ4n) is 1.87. The molecule has 20 heavy (non-hydrogen) atoms. The molecule has 0 radical (unpaired) electrons. The topological polar surface area (TPSA) is 66.4 Å². The zero-order chi connectivity index (χ0) is 15.5. The van der Waals surface area contributed by atoms with Crippen LogP contribution >= 0.6 is 0 Å². The summed E-state index contributed by atoms with van der Waals surface area (Å²) in [6.07, 6.45) is -0.157. The van der Waals surface area contributed by atoms with Crippen LogP contribution in [0.25, 0.3) is 0 Å². The van der Waals surface area contributed by atoms with E-state index in [1.807, 2.05) is 0 Å². The molecule has 0 saturated carbocycles. The number of anilines is 1. The summed E-state index contributed by atoms with van der Waals surface area (Å²) in [6.45, 7) is 6.77. The van der Waals surface area contributed by atoms with Gasteiger partial charge in [0, 0.05) is 12.1 Å². The van der Waals surface area contributed by atoms with Crippen molar-refractivity contribution in [3.05, 3.63) is 29.6 Å². The number of carboxylic acid groups (broad SMARTS) is 1. The van der Waals surface area contributed by atoms with E-state index in [9.17, 15) is 19.1 Å². The molecule has 1 atom stereocenters. The number of aliphatic carboxylic acids is 1. The summed E-state index contributed by atoms with van der Waals surface area (Å²) in [5, 5.41) is 11.8. The van der Waals surface area contributed by atoms with Gasteiger partial charge in [0.1, 0.15) is 5.82 Å². The van der Waals surface area contributed by atoms with Gasteiger partial charge in [0.15, 0.2) is 0 Å². The SMILES string of the molecule is Cc1cc(F)cc(NC(=O)CC(C)(C(=O)O)C(C)C)c1. The number of halogens is 1. The first kappa shape index (κ1) is 16.1. The number of carbonyl (C=O) groups is 2. The number of amides is 1. The minimum atomic E-state index is -1.15. The van der Waals surface area contributed by atoms with Gasteiger partial charge in [-0.1, -0.05) is 13.8 Å². The van der Waals surface area contributed by atoms with Gasteiger partial charge < -0.3 is 10.4 Å². The molecule has 1 amide bonds. The van der Waals surface area contributed by atoms with E-state index in [-0.39, 0.29) is 12.3 Å². The molecule has 0 saturated heterocycles. The molecule has 0 fully saturated rings. The van der Waals surface area contributed by atoms with Crippen molar-refractivity contribution in [2.24, 2.45) is 11.3 Å². The molecule has 0 aliphatic rings. The molecule has 0 heterocycles. The van der Waals surface area contributed by atoms with Crippen LogP contribution in [0.15, 0.2) is 18.2 Å². The number of carboxylic acids is 1. The van der Waals surface area contributed by atoms with Crippen molar-refractivity contribution in [3.8, 4) is 0 Å². The highest BCUT2D eigenvalue weighted by Gasteiger charge is 2.38. The van der Waals surface area contributed by atoms with Gasteiger partial charge in [-0.3, -0.25) is 9.59 Å². The fourth-order valence-corrected chi connectivity index (χ4v) is 1.87. The summed E-state index contributed by atoms with van der Waals surface area (Å²) in [5.74, 6) is -2.09. The minimum Gasteiger partial charge on any atom is -0.481 e. The Morgan fingerprint density at radius 2 is 1.95 bits per heavy atom. The van der Waals surface area contributed by atoms with Crippen LogP contribution in [0.2, 0.25) is 0 Å². The third-order valence-electron chi connectivity index (χ3n) is 3.62. The fraction of sp³-hybridized carbons (Fsp3) is 0.467. The minimum absolute atomic E-state index is 0.157. The molecule has 2 N–H and O–H groups in total. The number of hydrogen-bond donors (Lipinski definition) is 2. The Morgan fingerprint density at radius 3 is 2.40 bits per heavy atom. The number of benzene rings is 1. The van der Waals surface area contributed by atoms with Crippen LogP contribution in [0.1, 0.15) is 32.8 Å². The van der Waals surface area contributed by atoms with E-state index < -0.39 is 23.1 Å². The number of nitrogens with one attached hydrogen (secondary N) is 1. The number of carbonyl (C=O) groups excluding carboxylic acids is 1. The van der Waals surface area contributed by atoms with E-state index in [0.29, 0.717) is 11.3 Å². The van der Waals surface area contributed by atoms with Crippen LogP contribution in [0.4, 0.5) is 10.1 Å². The smallest absolute Gasteiger partial charge is 0.310 e. The molecule has 1 aromatic carbocycles. The van der Waals surface area contributed by atoms with Gasteiger partial charge in [-0.05, 0) is 43.5 Å². The van der Waals surface area contributed by atoms with Gasteiger partial charge in [0.2, 0.25) is 5.91 Å². The lowest BCUT2D eigenvalue weighted by Crippen LogP contribution is -2.37. The summed E-state index contributed by atoms with van der Waals surface area (Å²) >= 11 is 0. The van der Waals surface area contributed by atoms with E-state index in [2.05, 4.69) is 5.32 Å². The van der Waals surface area contributed by atoms with Gasteiger partial charge >= 0.3 is 5.97 Å². The van der Waals surface area contributed by atoms with Gasteiger partial charge in [0.25, 0.3) is 0 Å². The summed E-state index contributed by atoms with van der Waals surface area (Å²) in [6, 6.07) is 4.19. The average molecular weight is 281 g/mol. The molecule has 5 heteroatoms. The van der Waals surface area contributed by atoms with Crippen LogP contribution in [0, 0.1) is 24.1 Å². The molecular weight excluding hydrogens is 261 g/mol. The largest absolute Gasteiger partial charge is 0.481 e. The first-order chi connectivity index (χ1) is 9.15. The molecule has 0 bridgehead atoms. The Balaban J connectivity index is 2.84. The van der Waals surface area contributed by atoms with Crippen molar-refractivity contribution in [1.29, 1.82) is 0 Å². The zero-order valence-corrected chi connectivity index (χ0v) is 12.2. The predicted octanol–water partition coefficient (Wildman–Crippen LogP) is 3.21. The first-order valence-corrected chi connectivity index (χ1v) is 6.45. The van der Waals surface area contributed by atoms with Crippen LogP contribution in [-0.2, 0) is 9.59 Å². The van der Waals surface area contributed by atoms with E-state index in [1.165, 1.54) is 19.1 Å². The Hall–Kier alpha value is -1.91. The third kappa shape index (κ3) is 3.79. The Kier molecular flexibility index (Phi) is 4.87. The average Bonchev–Trinajstić information content (AvgIpc) is 2.26. The van der Waals surface area contributed by atoms with E-state index >= 15 is 0 Å². The molecule has 4 nitrogen and oxygen atoms in total. The number of hydrogen-bond acceptors (Lipinski definition) is 2. The quantitative estimate of drug-likeness (QED) is 0.871. The second-order valence-corrected chi connectivity index (χ2v) is 5.62. The lowest BCUT2D eigenvalue weighted by atomic mass is 9.76. The van der Waals surface area contributed by atoms with Gasteiger partial charge in [-0.2, -0.15) is 0 Å². The van der Waals surface area contributed by atoms with Crippen LogP contribution < -0.4 is 5.32 Å². The second kappa shape index (κ2) is 6.03. The van der Waals surface area contributed by atoms with Crippen molar-refractivity contribution in [1.82, 2.24) is 0 Å². The predicted molar refractivity (Wildman–Crippen MR) is 75.0 cm³/mol. The molecule has 0 aliphatic carbocycles. The standard InChI is InChI=1S/C15H20FNO3/c1-9(2)15(4,14(19)20)8-13(18)17-12-6-10(3)5-11(16)7-12/h5-7,9H,8H2,1-4H3,(H,17,18)(H,19,20). The summed E-state index contributed by atoms with van der Waals surface area (Å²) in [5.41, 5.74) is -0.124. The van der Waals surface area contributed by atoms with Gasteiger partial charge in [-0.25, -0.2) is 4.39 Å². The van der Waals surface area contributed by atoms with Gasteiger partial charge in [-0.15, -0.1) is 0 Å². The highest BCUT2D eigenvalue weighted by molar-refractivity contribution is 5.94. The Bertz CT molecular complexity index is 508. The third-order valence-corrected chi connectivity index (χ3v) is 3.62. The number of rotatable bonds is 5. The van der Waals surface area contributed by atoms with Crippen LogP contribution in [0.5, 0.6) is 0 Å². The maximum Gasteiger partial charge on any atom is 0.310 e. The van der Waals surface area contributed by atoms with Crippen molar-refractivity contribution in [3.63, 3.8) is 0 Å². The Morgan fingerprint density at radius 1 is 1.35 bits per heavy atom. The van der Waals surface area contributed by atoms with E-state index in [0.717, 1.165) is 0 Å². The van der Waals surface area contributed by atoms with E-state index in [1.54, 1.807) is 26.8 Å². The van der Waals surface area contributed by atoms with Crippen molar-refractivity contribution >= 4 is 17.6 Å². The van der Waals surface area contributed by atoms with Crippen molar-refractivity contribution in [2.75, 3.05) is 5.32 Å². The molecule has 0 spiro atoms. The normalized spacial score (nSPS) is 13.9. The zero-order valence-electron chi connectivity index (χ0n) is 12.2. The van der Waals surface area contributed by atoms with Crippen molar-refractivity contribution in [2.45, 2.75) is 34.1 Å². The Labute approximate surface area is 118 Å². The summed E-state index contributed by atoms with van der Waals surface area (Å²) in [7, 11) is 0. The maximum atomic E-state index is 13.2. The molecule has 1 unspecified atom stereocenters. The van der Waals surface area contributed by atoms with Crippen LogP contribution in [-0.4, -0.2) is 17.0 Å². The summed E-state index contributed by atoms with van der Waals surface area (Å²) < 4.78 is 13.2. The maximum absolute atomic E-state index is 13.2. The lowest BCUT2D eigenvalue weighted by molar-refractivity contribution is -0.153. The monoisotopic (exact) mass is 281 g/mol. The van der Waals surface area contributed by atoms with Gasteiger partial charge in [0.05, 0.1) is 5.41 Å². The summed E-state index contributed by atoms with van der Waals surface area (Å²) in [4.78, 5) is 23.3. The molecule has 0 aliphatic heterocycles. The highest BCUT2D eigenvalue weighted by Crippen LogP contribution is 2.31. The van der Waals surface area contributed by atoms with Crippen molar-refractivity contribution < 1.29 is 19.1 Å². The second-order valence-electron chi connectivity index (χ2n) is 5.62. The first-order valence-electron chi connectivity index (χ1n) is 6.45. The molecule has 1 aromatic rings. The van der Waals surface area contributed by atoms with Crippen LogP contribution in [0.3, 0.4) is 0 Å². The molecule has 0 aromatic heterocycles. The molecular formula is C15H20FNO3. The molecule has 1 rings (SSSR count). The number of aryl methyl sites for hydroxylation is 1. The molecule has 110 valence electrons. The van der Waals surface area contributed by atoms with E-state index in [4.69, 9.17) is 0 Å². The lowest BCUT2D eigenvalue weighted by Gasteiger charge is -2.28.